The molecule has 0 aromatic heterocycles. The molecular weight excluding hydrogens is 282 g/mol. The molecule has 21 heavy (non-hydrogen) atoms. The fourth-order valence-corrected chi connectivity index (χ4v) is 2.30. The number of thioether (sulfide) groups is 1. The predicted octanol–water partition coefficient (Wildman–Crippen LogP) is 2.51. The summed E-state index contributed by atoms with van der Waals surface area (Å²) in [5, 5.41) is 6.57. The van der Waals surface area contributed by atoms with Crippen LogP contribution < -0.4 is 10.6 Å². The quantitative estimate of drug-likeness (QED) is 0.396. The van der Waals surface area contributed by atoms with Crippen LogP contribution in [0.4, 0.5) is 0 Å². The number of nitrogens with zero attached hydrogens (tertiary/aromatic N) is 1. The van der Waals surface area contributed by atoms with Crippen LogP contribution >= 0.6 is 11.8 Å². The minimum Gasteiger partial charge on any atom is -0.375 e. The van der Waals surface area contributed by atoms with Crippen LogP contribution in [0.2, 0.25) is 0 Å². The summed E-state index contributed by atoms with van der Waals surface area (Å²) < 4.78 is 5.62. The number of unbranched alkanes of at least 4 members (excludes halogenated alkanes) is 1. The summed E-state index contributed by atoms with van der Waals surface area (Å²) >= 11 is 1.89. The van der Waals surface area contributed by atoms with E-state index in [1.165, 1.54) is 24.2 Å². The number of ether oxygens (including phenoxy) is 1. The van der Waals surface area contributed by atoms with Gasteiger partial charge in [-0.3, -0.25) is 4.99 Å². The van der Waals surface area contributed by atoms with E-state index < -0.39 is 0 Å². The normalized spacial score (nSPS) is 11.4. The maximum atomic E-state index is 5.62. The van der Waals surface area contributed by atoms with Crippen molar-refractivity contribution in [1.29, 1.82) is 0 Å². The van der Waals surface area contributed by atoms with Crippen LogP contribution in [-0.2, 0) is 11.3 Å². The molecule has 2 N–H and O–H groups in total. The molecule has 0 unspecified atom stereocenters. The molecule has 0 spiro atoms. The highest BCUT2D eigenvalue weighted by Gasteiger charge is 1.97. The van der Waals surface area contributed by atoms with Crippen molar-refractivity contribution in [1.82, 2.24) is 10.6 Å². The fourth-order valence-electron chi connectivity index (χ4n) is 1.80. The zero-order valence-electron chi connectivity index (χ0n) is 13.1. The van der Waals surface area contributed by atoms with E-state index in [0.717, 1.165) is 19.0 Å². The Morgan fingerprint density at radius 2 is 1.90 bits per heavy atom. The van der Waals surface area contributed by atoms with Gasteiger partial charge in [0.2, 0.25) is 0 Å². The van der Waals surface area contributed by atoms with E-state index in [1.54, 1.807) is 7.05 Å². The lowest BCUT2D eigenvalue weighted by molar-refractivity contribution is 0.125. The van der Waals surface area contributed by atoms with Crippen molar-refractivity contribution >= 4 is 17.7 Å². The first-order chi connectivity index (χ1) is 10.4. The maximum absolute atomic E-state index is 5.62. The molecule has 0 radical (unpaired) electrons. The summed E-state index contributed by atoms with van der Waals surface area (Å²) in [5.74, 6) is 2.07. The first-order valence-electron chi connectivity index (χ1n) is 7.42. The van der Waals surface area contributed by atoms with Crippen LogP contribution in [0.1, 0.15) is 18.4 Å². The summed E-state index contributed by atoms with van der Waals surface area (Å²) in [6.07, 6.45) is 4.56. The molecule has 0 bridgehead atoms. The third-order valence-electron chi connectivity index (χ3n) is 2.94. The summed E-state index contributed by atoms with van der Waals surface area (Å²) in [6.45, 7) is 3.05. The molecule has 1 aromatic carbocycles. The Hall–Kier alpha value is -1.20. The van der Waals surface area contributed by atoms with E-state index in [-0.39, 0.29) is 0 Å². The number of hydrogen-bond acceptors (Lipinski definition) is 3. The van der Waals surface area contributed by atoms with Gasteiger partial charge in [0.15, 0.2) is 5.96 Å². The van der Waals surface area contributed by atoms with Crippen molar-refractivity contribution in [3.8, 4) is 0 Å². The van der Waals surface area contributed by atoms with E-state index in [0.29, 0.717) is 13.2 Å². The van der Waals surface area contributed by atoms with Crippen LogP contribution in [0, 0.1) is 0 Å². The van der Waals surface area contributed by atoms with Crippen molar-refractivity contribution in [3.63, 3.8) is 0 Å². The largest absolute Gasteiger partial charge is 0.375 e. The van der Waals surface area contributed by atoms with E-state index >= 15 is 0 Å². The highest BCUT2D eigenvalue weighted by Crippen LogP contribution is 1.99. The highest BCUT2D eigenvalue weighted by atomic mass is 32.2. The van der Waals surface area contributed by atoms with Gasteiger partial charge < -0.3 is 15.4 Å². The van der Waals surface area contributed by atoms with Gasteiger partial charge in [-0.05, 0) is 30.4 Å². The Bertz CT molecular complexity index is 384. The zero-order chi connectivity index (χ0) is 15.2. The second-order valence-electron chi connectivity index (χ2n) is 4.66. The van der Waals surface area contributed by atoms with E-state index in [4.69, 9.17) is 4.74 Å². The highest BCUT2D eigenvalue weighted by molar-refractivity contribution is 7.98. The van der Waals surface area contributed by atoms with E-state index in [1.807, 2.05) is 30.0 Å². The molecule has 0 saturated heterocycles. The maximum Gasteiger partial charge on any atom is 0.191 e. The molecule has 0 aliphatic heterocycles. The number of guanidine groups is 1. The van der Waals surface area contributed by atoms with Gasteiger partial charge in [-0.2, -0.15) is 11.8 Å². The minimum absolute atomic E-state index is 0.656. The molecule has 0 atom stereocenters. The third-order valence-corrected chi connectivity index (χ3v) is 3.64. The summed E-state index contributed by atoms with van der Waals surface area (Å²) in [4.78, 5) is 4.20. The SMILES string of the molecule is CN=C(NCCCCSC)NCCOCc1ccccc1. The van der Waals surface area contributed by atoms with Gasteiger partial charge in [0.1, 0.15) is 0 Å². The molecule has 1 aromatic rings. The number of aliphatic imine (C=N–C) groups is 1. The predicted molar refractivity (Wildman–Crippen MR) is 93.1 cm³/mol. The van der Waals surface area contributed by atoms with E-state index in [9.17, 15) is 0 Å². The Morgan fingerprint density at radius 3 is 2.62 bits per heavy atom. The van der Waals surface area contributed by atoms with E-state index in [2.05, 4.69) is 34.0 Å². The summed E-state index contributed by atoms with van der Waals surface area (Å²) in [5.41, 5.74) is 1.20. The monoisotopic (exact) mass is 309 g/mol. The minimum atomic E-state index is 0.656. The van der Waals surface area contributed by atoms with Crippen LogP contribution in [-0.4, -0.2) is 44.7 Å². The number of benzene rings is 1. The van der Waals surface area contributed by atoms with Crippen LogP contribution in [0.25, 0.3) is 0 Å². The molecule has 0 heterocycles. The van der Waals surface area contributed by atoms with Gasteiger partial charge in [-0.25, -0.2) is 0 Å². The van der Waals surface area contributed by atoms with Gasteiger partial charge in [-0.15, -0.1) is 0 Å². The average Bonchev–Trinajstić information content (AvgIpc) is 2.53. The topological polar surface area (TPSA) is 45.7 Å². The first kappa shape index (κ1) is 17.9. The van der Waals surface area contributed by atoms with Crippen molar-refractivity contribution < 1.29 is 4.74 Å². The number of rotatable bonds is 10. The van der Waals surface area contributed by atoms with Crippen LogP contribution in [0.15, 0.2) is 35.3 Å². The Balaban J connectivity index is 2.02. The lowest BCUT2D eigenvalue weighted by atomic mass is 10.2. The molecule has 0 aliphatic carbocycles. The van der Waals surface area contributed by atoms with Gasteiger partial charge in [0, 0.05) is 20.1 Å². The third kappa shape index (κ3) is 9.37. The number of nitrogens with one attached hydrogen (secondary N) is 2. The molecular formula is C16H27N3OS. The second kappa shape index (κ2) is 12.5. The Labute approximate surface area is 132 Å². The van der Waals surface area contributed by atoms with Crippen molar-refractivity contribution in [2.75, 3.05) is 38.8 Å². The molecule has 1 rings (SSSR count). The molecule has 4 nitrogen and oxygen atoms in total. The number of hydrogen-bond donors (Lipinski definition) is 2. The van der Waals surface area contributed by atoms with Gasteiger partial charge >= 0.3 is 0 Å². The van der Waals surface area contributed by atoms with Gasteiger partial charge in [0.25, 0.3) is 0 Å². The summed E-state index contributed by atoms with van der Waals surface area (Å²) in [6, 6.07) is 10.2. The summed E-state index contributed by atoms with van der Waals surface area (Å²) in [7, 11) is 1.79. The zero-order valence-corrected chi connectivity index (χ0v) is 13.9. The van der Waals surface area contributed by atoms with Crippen LogP contribution in [0.3, 0.4) is 0 Å². The molecule has 5 heteroatoms. The van der Waals surface area contributed by atoms with Gasteiger partial charge in [0.05, 0.1) is 13.2 Å². The molecule has 0 saturated carbocycles. The van der Waals surface area contributed by atoms with Gasteiger partial charge in [-0.1, -0.05) is 30.3 Å². The van der Waals surface area contributed by atoms with Crippen molar-refractivity contribution in [3.05, 3.63) is 35.9 Å². The smallest absolute Gasteiger partial charge is 0.191 e. The van der Waals surface area contributed by atoms with Crippen molar-refractivity contribution in [2.45, 2.75) is 19.4 Å². The lowest BCUT2D eigenvalue weighted by Crippen LogP contribution is -2.39. The standard InChI is InChI=1S/C16H27N3OS/c1-17-16(18-10-6-7-13-21-2)19-11-12-20-14-15-8-4-3-5-9-15/h3-5,8-9H,6-7,10-14H2,1-2H3,(H2,17,18,19). The Morgan fingerprint density at radius 1 is 1.14 bits per heavy atom. The molecule has 0 fully saturated rings. The lowest BCUT2D eigenvalue weighted by Gasteiger charge is -2.12. The van der Waals surface area contributed by atoms with Crippen molar-refractivity contribution in [2.24, 2.45) is 4.99 Å². The van der Waals surface area contributed by atoms with Crippen LogP contribution in [0.5, 0.6) is 0 Å². The second-order valence-corrected chi connectivity index (χ2v) is 5.65. The first-order valence-corrected chi connectivity index (χ1v) is 8.81. The molecule has 118 valence electrons. The molecule has 0 aliphatic rings. The molecule has 0 amide bonds. The Kier molecular flexibility index (Phi) is 10.7. The average molecular weight is 309 g/mol. The fraction of sp³-hybridized carbons (Fsp3) is 0.562.